The van der Waals surface area contributed by atoms with Crippen molar-refractivity contribution in [2.24, 2.45) is 5.73 Å². The minimum atomic E-state index is -0.601. The van der Waals surface area contributed by atoms with Crippen LogP contribution < -0.4 is 11.1 Å². The summed E-state index contributed by atoms with van der Waals surface area (Å²) in [7, 11) is 0. The molecule has 0 bridgehead atoms. The summed E-state index contributed by atoms with van der Waals surface area (Å²) in [6.07, 6.45) is 0. The average Bonchev–Trinajstić information content (AvgIpc) is 3.22. The highest BCUT2D eigenvalue weighted by molar-refractivity contribution is 7.17. The number of thiazole rings is 1. The minimum Gasteiger partial charge on any atom is -0.366 e. The van der Waals surface area contributed by atoms with E-state index in [1.165, 1.54) is 29.5 Å². The highest BCUT2D eigenvalue weighted by Crippen LogP contribution is 2.35. The van der Waals surface area contributed by atoms with Crippen molar-refractivity contribution in [2.75, 3.05) is 5.32 Å². The predicted octanol–water partition coefficient (Wildman–Crippen LogP) is 5.48. The van der Waals surface area contributed by atoms with Gasteiger partial charge in [0, 0.05) is 16.7 Å². The zero-order valence-corrected chi connectivity index (χ0v) is 17.2. The Morgan fingerprint density at radius 1 is 0.900 bits per heavy atom. The minimum absolute atomic E-state index is 0.257. The Hall–Kier alpha value is -3.48. The van der Waals surface area contributed by atoms with Crippen LogP contribution in [-0.2, 0) is 0 Å². The van der Waals surface area contributed by atoms with E-state index in [4.69, 9.17) is 22.3 Å². The molecule has 0 aliphatic rings. The number of rotatable bonds is 5. The summed E-state index contributed by atoms with van der Waals surface area (Å²) in [5, 5.41) is 3.83. The Kier molecular flexibility index (Phi) is 5.61. The molecule has 5 nitrogen and oxygen atoms in total. The fourth-order valence-corrected chi connectivity index (χ4v) is 4.08. The number of nitrogens with zero attached hydrogens (tertiary/aromatic N) is 1. The fraction of sp³-hybridized carbons (Fsp3) is 0. The van der Waals surface area contributed by atoms with Crippen LogP contribution in [0.3, 0.4) is 0 Å². The summed E-state index contributed by atoms with van der Waals surface area (Å²) in [6.45, 7) is 0. The fourth-order valence-electron chi connectivity index (χ4n) is 2.92. The first kappa shape index (κ1) is 19.8. The molecule has 30 heavy (non-hydrogen) atoms. The molecule has 4 aromatic rings. The second kappa shape index (κ2) is 8.49. The van der Waals surface area contributed by atoms with Crippen molar-refractivity contribution >= 4 is 40.4 Å². The molecule has 3 aromatic carbocycles. The van der Waals surface area contributed by atoms with Crippen molar-refractivity contribution in [3.05, 3.63) is 94.3 Å². The van der Waals surface area contributed by atoms with Crippen molar-refractivity contribution < 1.29 is 9.59 Å². The van der Waals surface area contributed by atoms with E-state index in [1.54, 1.807) is 0 Å². The molecule has 0 aliphatic carbocycles. The topological polar surface area (TPSA) is 85.1 Å². The molecule has 0 saturated carbocycles. The number of carbonyl (C=O) groups is 2. The number of amides is 2. The molecule has 0 fully saturated rings. The molecule has 1 aromatic heterocycles. The van der Waals surface area contributed by atoms with Crippen LogP contribution in [0.4, 0.5) is 5.69 Å². The highest BCUT2D eigenvalue weighted by atomic mass is 35.5. The first-order valence-corrected chi connectivity index (χ1v) is 10.2. The largest absolute Gasteiger partial charge is 0.366 e. The Labute approximate surface area is 182 Å². The maximum Gasteiger partial charge on any atom is 0.268 e. The second-order valence-corrected chi connectivity index (χ2v) is 7.85. The van der Waals surface area contributed by atoms with E-state index < -0.39 is 5.91 Å². The Morgan fingerprint density at radius 3 is 2.17 bits per heavy atom. The highest BCUT2D eigenvalue weighted by Gasteiger charge is 2.21. The lowest BCUT2D eigenvalue weighted by Crippen LogP contribution is -2.14. The van der Waals surface area contributed by atoms with Crippen LogP contribution in [0.5, 0.6) is 0 Å². The van der Waals surface area contributed by atoms with Gasteiger partial charge in [0.25, 0.3) is 5.91 Å². The van der Waals surface area contributed by atoms with Crippen LogP contribution in [-0.4, -0.2) is 16.8 Å². The van der Waals surface area contributed by atoms with Crippen LogP contribution in [0, 0.1) is 0 Å². The molecular weight excluding hydrogens is 418 g/mol. The van der Waals surface area contributed by atoms with Crippen molar-refractivity contribution in [3.8, 4) is 21.8 Å². The molecule has 148 valence electrons. The number of aromatic nitrogens is 1. The Morgan fingerprint density at radius 2 is 1.53 bits per heavy atom. The molecule has 7 heteroatoms. The molecule has 0 radical (unpaired) electrons. The van der Waals surface area contributed by atoms with Crippen molar-refractivity contribution in [1.82, 2.24) is 4.98 Å². The monoisotopic (exact) mass is 433 g/mol. The van der Waals surface area contributed by atoms with E-state index >= 15 is 0 Å². The summed E-state index contributed by atoms with van der Waals surface area (Å²) < 4.78 is 0. The zero-order valence-electron chi connectivity index (χ0n) is 15.6. The Balaban J connectivity index is 1.76. The third-order valence-electron chi connectivity index (χ3n) is 4.40. The zero-order chi connectivity index (χ0) is 21.1. The predicted molar refractivity (Wildman–Crippen MR) is 121 cm³/mol. The smallest absolute Gasteiger partial charge is 0.268 e. The van der Waals surface area contributed by atoms with Gasteiger partial charge in [0.05, 0.1) is 16.4 Å². The van der Waals surface area contributed by atoms with Gasteiger partial charge in [-0.1, -0.05) is 72.3 Å². The van der Waals surface area contributed by atoms with E-state index in [-0.39, 0.29) is 11.5 Å². The normalized spacial score (nSPS) is 10.6. The van der Waals surface area contributed by atoms with Gasteiger partial charge in [0.1, 0.15) is 9.88 Å². The van der Waals surface area contributed by atoms with E-state index in [1.807, 2.05) is 60.7 Å². The summed E-state index contributed by atoms with van der Waals surface area (Å²) in [4.78, 5) is 29.8. The summed E-state index contributed by atoms with van der Waals surface area (Å²) in [5.74, 6) is -0.964. The van der Waals surface area contributed by atoms with E-state index in [9.17, 15) is 9.59 Å². The average molecular weight is 434 g/mol. The van der Waals surface area contributed by atoms with Gasteiger partial charge in [-0.2, -0.15) is 0 Å². The summed E-state index contributed by atoms with van der Waals surface area (Å²) in [6, 6.07) is 23.7. The van der Waals surface area contributed by atoms with Crippen molar-refractivity contribution in [2.45, 2.75) is 0 Å². The van der Waals surface area contributed by atoms with Crippen LogP contribution in [0.25, 0.3) is 21.8 Å². The standard InChI is InChI=1S/C23H16ClN3O2S/c24-17-12-11-16(21(25)28)13-18(17)26-22(29)20-19(14-7-3-1-4-8-14)27-23(30-20)15-9-5-2-6-10-15/h1-13H,(H2,25,28)(H,26,29). The van der Waals surface area contributed by atoms with Gasteiger partial charge in [-0.15, -0.1) is 11.3 Å². The number of hydrogen-bond acceptors (Lipinski definition) is 4. The van der Waals surface area contributed by atoms with Crippen molar-refractivity contribution in [3.63, 3.8) is 0 Å². The van der Waals surface area contributed by atoms with E-state index in [2.05, 4.69) is 5.32 Å². The van der Waals surface area contributed by atoms with Gasteiger partial charge in [-0.3, -0.25) is 9.59 Å². The van der Waals surface area contributed by atoms with Crippen LogP contribution >= 0.6 is 22.9 Å². The van der Waals surface area contributed by atoms with Gasteiger partial charge in [0.15, 0.2) is 0 Å². The van der Waals surface area contributed by atoms with E-state index in [0.717, 1.165) is 16.1 Å². The number of primary amides is 1. The summed E-state index contributed by atoms with van der Waals surface area (Å²) >= 11 is 7.50. The number of anilines is 1. The number of nitrogens with one attached hydrogen (secondary N) is 1. The number of halogens is 1. The SMILES string of the molecule is NC(=O)c1ccc(Cl)c(NC(=O)c2sc(-c3ccccc3)nc2-c2ccccc2)c1. The lowest BCUT2D eigenvalue weighted by molar-refractivity contribution is 0.0996. The van der Waals surface area contributed by atoms with Crippen LogP contribution in [0.1, 0.15) is 20.0 Å². The van der Waals surface area contributed by atoms with E-state index in [0.29, 0.717) is 21.3 Å². The van der Waals surface area contributed by atoms with Gasteiger partial charge >= 0.3 is 0 Å². The molecule has 0 spiro atoms. The molecule has 0 saturated heterocycles. The van der Waals surface area contributed by atoms with Crippen molar-refractivity contribution in [1.29, 1.82) is 0 Å². The maximum absolute atomic E-state index is 13.2. The number of benzene rings is 3. The maximum atomic E-state index is 13.2. The Bertz CT molecular complexity index is 1220. The molecule has 1 heterocycles. The molecule has 4 rings (SSSR count). The molecule has 2 amide bonds. The second-order valence-electron chi connectivity index (χ2n) is 6.44. The lowest BCUT2D eigenvalue weighted by Gasteiger charge is -2.08. The van der Waals surface area contributed by atoms with Gasteiger partial charge < -0.3 is 11.1 Å². The molecular formula is C23H16ClN3O2S. The molecule has 0 atom stereocenters. The van der Waals surface area contributed by atoms with Crippen LogP contribution in [0.2, 0.25) is 5.02 Å². The molecule has 3 N–H and O–H groups in total. The molecule has 0 aliphatic heterocycles. The molecule has 0 unspecified atom stereocenters. The van der Waals surface area contributed by atoms with Crippen LogP contribution in [0.15, 0.2) is 78.9 Å². The van der Waals surface area contributed by atoms with Gasteiger partial charge in [0.2, 0.25) is 5.91 Å². The number of hydrogen-bond donors (Lipinski definition) is 2. The lowest BCUT2D eigenvalue weighted by atomic mass is 10.1. The number of carbonyl (C=O) groups excluding carboxylic acids is 2. The third kappa shape index (κ3) is 4.10. The van der Waals surface area contributed by atoms with Gasteiger partial charge in [-0.25, -0.2) is 4.98 Å². The third-order valence-corrected chi connectivity index (χ3v) is 5.83. The number of nitrogens with two attached hydrogens (primary N) is 1. The first-order valence-electron chi connectivity index (χ1n) is 9.05. The summed E-state index contributed by atoms with van der Waals surface area (Å²) in [5.41, 5.74) is 8.25. The van der Waals surface area contributed by atoms with Gasteiger partial charge in [-0.05, 0) is 18.2 Å². The first-order chi connectivity index (χ1) is 14.5. The quantitative estimate of drug-likeness (QED) is 0.437.